The molecule has 1 unspecified atom stereocenters. The third-order valence-electron chi connectivity index (χ3n) is 10.3. The quantitative estimate of drug-likeness (QED) is 0.280. The molecule has 0 aromatic rings. The van der Waals surface area contributed by atoms with Gasteiger partial charge in [-0.3, -0.25) is 0 Å². The first-order valence-electron chi connectivity index (χ1n) is 12.5. The molecule has 148 valence electrons. The maximum Gasteiger partial charge on any atom is 1.00 e. The first-order chi connectivity index (χ1) is 12.7. The topological polar surface area (TPSA) is 0 Å². The Morgan fingerprint density at radius 2 is 1.26 bits per heavy atom. The van der Waals surface area contributed by atoms with Gasteiger partial charge < -0.3 is 0 Å². The van der Waals surface area contributed by atoms with Crippen molar-refractivity contribution in [1.82, 2.24) is 0 Å². The largest absolute Gasteiger partial charge is 1.00 e. The smallest absolute Gasteiger partial charge is 0.190 e. The Labute approximate surface area is 190 Å². The van der Waals surface area contributed by atoms with Gasteiger partial charge in [0.1, 0.15) is 6.71 Å². The van der Waals surface area contributed by atoms with Crippen molar-refractivity contribution in [2.45, 2.75) is 139 Å². The van der Waals surface area contributed by atoms with Crippen LogP contribution in [0.15, 0.2) is 0 Å². The third-order valence-corrected chi connectivity index (χ3v) is 10.9. The number of halogens is 1. The van der Waals surface area contributed by atoms with Crippen LogP contribution in [0, 0.1) is 0 Å². The van der Waals surface area contributed by atoms with Crippen molar-refractivity contribution in [2.75, 3.05) is 5.33 Å². The van der Waals surface area contributed by atoms with Crippen LogP contribution in [0.25, 0.3) is 0 Å². The fourth-order valence-electron chi connectivity index (χ4n) is 9.20. The zero-order valence-electron chi connectivity index (χ0n) is 18.4. The molecule has 0 aliphatic carbocycles. The molecule has 4 aliphatic rings. The summed E-state index contributed by atoms with van der Waals surface area (Å²) < 4.78 is 0. The SMILES string of the molecule is C[B-]1(C(CCCCCBr)B2C3CCCC2CCC3)C2CCCC1CCC2.[Li+]. The summed E-state index contributed by atoms with van der Waals surface area (Å²) in [6.07, 6.45) is 24.7. The summed E-state index contributed by atoms with van der Waals surface area (Å²) in [5.74, 6) is 4.49. The monoisotopic (exact) mass is 426 g/mol. The van der Waals surface area contributed by atoms with E-state index in [0.717, 1.165) is 35.7 Å². The van der Waals surface area contributed by atoms with Crippen LogP contribution in [0.5, 0.6) is 0 Å². The normalized spacial score (nSPS) is 39.6. The van der Waals surface area contributed by atoms with E-state index in [1.54, 1.807) is 83.5 Å². The molecule has 27 heavy (non-hydrogen) atoms. The van der Waals surface area contributed by atoms with Gasteiger partial charge in [-0.2, -0.15) is 24.2 Å². The fourth-order valence-corrected chi connectivity index (χ4v) is 9.60. The zero-order chi connectivity index (χ0) is 18.0. The molecule has 0 nitrogen and oxygen atoms in total. The number of unbranched alkanes of at least 4 members (excludes halogenated alkanes) is 2. The van der Waals surface area contributed by atoms with E-state index in [1.807, 2.05) is 0 Å². The summed E-state index contributed by atoms with van der Waals surface area (Å²) in [6.45, 7) is 4.01. The predicted molar refractivity (Wildman–Crippen MR) is 124 cm³/mol. The van der Waals surface area contributed by atoms with Crippen molar-refractivity contribution < 1.29 is 18.9 Å². The van der Waals surface area contributed by atoms with E-state index in [0.29, 0.717) is 0 Å². The van der Waals surface area contributed by atoms with Gasteiger partial charge in [0.25, 0.3) is 0 Å². The van der Waals surface area contributed by atoms with Crippen LogP contribution in [0.2, 0.25) is 35.8 Å². The zero-order valence-corrected chi connectivity index (χ0v) is 20.0. The molecule has 0 spiro atoms. The van der Waals surface area contributed by atoms with Gasteiger partial charge in [-0.1, -0.05) is 124 Å². The van der Waals surface area contributed by atoms with E-state index < -0.39 is 0 Å². The summed E-state index contributed by atoms with van der Waals surface area (Å²) >= 11 is 3.66. The standard InChI is InChI=1S/C23H42B2Br.Li/c1-25(21-13-7-14-22(25)16-8-15-21)23(17-3-2-4-18-26)24-19-9-5-10-20(24)12-6-11-19;/h19-23H,2-18H2,1H3;/q-1;+1. The molecule has 0 saturated carbocycles. The molecule has 0 aromatic carbocycles. The molecular weight excluding hydrogens is 385 g/mol. The Morgan fingerprint density at radius 1 is 0.778 bits per heavy atom. The van der Waals surface area contributed by atoms with Gasteiger partial charge in [-0.15, -0.1) is 0 Å². The molecule has 4 heterocycles. The van der Waals surface area contributed by atoms with Crippen molar-refractivity contribution >= 4 is 28.8 Å². The van der Waals surface area contributed by atoms with Crippen LogP contribution in [-0.2, 0) is 0 Å². The van der Waals surface area contributed by atoms with Gasteiger partial charge in [-0.25, -0.2) is 0 Å². The summed E-state index contributed by atoms with van der Waals surface area (Å²) in [5, 5.41) is 1.21. The van der Waals surface area contributed by atoms with Crippen molar-refractivity contribution in [3.63, 3.8) is 0 Å². The van der Waals surface area contributed by atoms with Gasteiger partial charge in [0.2, 0.25) is 0 Å². The van der Waals surface area contributed by atoms with Gasteiger partial charge in [0.15, 0.2) is 0 Å². The average Bonchev–Trinajstić information content (AvgIpc) is 2.61. The molecule has 4 rings (SSSR count). The molecule has 0 N–H and O–H groups in total. The fraction of sp³-hybridized carbons (Fsp3) is 1.00. The average molecular weight is 427 g/mol. The summed E-state index contributed by atoms with van der Waals surface area (Å²) in [7, 11) is 0. The van der Waals surface area contributed by atoms with Gasteiger partial charge in [0.05, 0.1) is 0 Å². The van der Waals surface area contributed by atoms with Crippen LogP contribution >= 0.6 is 15.9 Å². The van der Waals surface area contributed by atoms with Gasteiger partial charge in [0, 0.05) is 11.5 Å². The first-order valence-corrected chi connectivity index (χ1v) is 13.6. The second-order valence-corrected chi connectivity index (χ2v) is 11.9. The van der Waals surface area contributed by atoms with Crippen molar-refractivity contribution in [2.24, 2.45) is 0 Å². The Hall–Kier alpha value is 1.21. The molecule has 0 radical (unpaired) electrons. The number of rotatable bonds is 7. The van der Waals surface area contributed by atoms with Crippen LogP contribution in [0.4, 0.5) is 0 Å². The minimum Gasteiger partial charge on any atom is -0.190 e. The summed E-state index contributed by atoms with van der Waals surface area (Å²) in [4.78, 5) is 0. The van der Waals surface area contributed by atoms with Crippen LogP contribution in [0.3, 0.4) is 0 Å². The van der Waals surface area contributed by atoms with E-state index in [2.05, 4.69) is 22.8 Å². The molecule has 4 aliphatic heterocycles. The van der Waals surface area contributed by atoms with E-state index in [1.165, 1.54) is 24.6 Å². The summed E-state index contributed by atoms with van der Waals surface area (Å²) in [5.41, 5.74) is 1.12. The van der Waals surface area contributed by atoms with Crippen LogP contribution < -0.4 is 18.9 Å². The van der Waals surface area contributed by atoms with Gasteiger partial charge >= 0.3 is 18.9 Å². The van der Waals surface area contributed by atoms with Crippen molar-refractivity contribution in [1.29, 1.82) is 0 Å². The maximum absolute atomic E-state index is 3.66. The predicted octanol–water partition coefficient (Wildman–Crippen LogP) is 5.64. The maximum atomic E-state index is 3.66. The van der Waals surface area contributed by atoms with E-state index in [4.69, 9.17) is 0 Å². The van der Waals surface area contributed by atoms with Crippen LogP contribution in [0.1, 0.15) is 103 Å². The number of fused-ring (bicyclic) bond motifs is 4. The molecule has 1 atom stereocenters. The Morgan fingerprint density at radius 3 is 1.74 bits per heavy atom. The van der Waals surface area contributed by atoms with Crippen molar-refractivity contribution in [3.05, 3.63) is 0 Å². The van der Waals surface area contributed by atoms with Gasteiger partial charge in [-0.05, 0) is 6.42 Å². The molecule has 0 aromatic heterocycles. The molecule has 4 heteroatoms. The van der Waals surface area contributed by atoms with E-state index >= 15 is 0 Å². The number of alkyl halides is 1. The molecule has 4 bridgehead atoms. The second-order valence-electron chi connectivity index (χ2n) is 11.1. The number of hydrogen-bond acceptors (Lipinski definition) is 0. The minimum atomic E-state index is -0.129. The van der Waals surface area contributed by atoms with Crippen LogP contribution in [-0.4, -0.2) is 18.2 Å². The second kappa shape index (κ2) is 10.5. The minimum absolute atomic E-state index is 0. The first kappa shape index (κ1) is 22.9. The molecular formula is C23H42B2BrLi. The summed E-state index contributed by atoms with van der Waals surface area (Å²) in [6, 6.07) is 0. The van der Waals surface area contributed by atoms with E-state index in [9.17, 15) is 0 Å². The Bertz CT molecular complexity index is 416. The number of hydrogen-bond donors (Lipinski definition) is 0. The van der Waals surface area contributed by atoms with E-state index in [-0.39, 0.29) is 25.0 Å². The Kier molecular flexibility index (Phi) is 8.89. The van der Waals surface area contributed by atoms with Crippen molar-refractivity contribution in [3.8, 4) is 0 Å². The molecule has 0 amide bonds. The molecule has 4 fully saturated rings. The molecule has 4 saturated heterocycles. The Balaban J connectivity index is 0.00000210. The third kappa shape index (κ3) is 4.61.